The third-order valence-electron chi connectivity index (χ3n) is 5.53. The summed E-state index contributed by atoms with van der Waals surface area (Å²) >= 11 is 0. The Kier molecular flexibility index (Phi) is 4.63. The third kappa shape index (κ3) is 3.58. The molecular formula is C19H24N4O3. The first-order chi connectivity index (χ1) is 12.6. The molecule has 26 heavy (non-hydrogen) atoms. The number of hydrogen-bond acceptors (Lipinski definition) is 4. The molecule has 1 amide bonds. The first kappa shape index (κ1) is 17.0. The van der Waals surface area contributed by atoms with Crippen LogP contribution in [0.15, 0.2) is 24.3 Å². The van der Waals surface area contributed by atoms with Crippen LogP contribution in [-0.4, -0.2) is 57.3 Å². The molecule has 138 valence electrons. The van der Waals surface area contributed by atoms with E-state index in [4.69, 9.17) is 5.11 Å². The molecule has 7 nitrogen and oxygen atoms in total. The SMILES string of the molecule is O=C(O)C[C@H]1CC[C@@H](CNC(=O)c2n[nH]c3ccccc23)N1CC1CC1. The minimum atomic E-state index is -0.747. The molecule has 1 aliphatic heterocycles. The number of aliphatic carboxylic acids is 1. The van der Waals surface area contributed by atoms with Gasteiger partial charge in [0.2, 0.25) is 0 Å². The van der Waals surface area contributed by atoms with Gasteiger partial charge in [0.1, 0.15) is 0 Å². The van der Waals surface area contributed by atoms with Gasteiger partial charge < -0.3 is 10.4 Å². The number of nitrogens with one attached hydrogen (secondary N) is 2. The number of nitrogens with zero attached hydrogens (tertiary/aromatic N) is 2. The number of amides is 1. The fraction of sp³-hybridized carbons (Fsp3) is 0.526. The van der Waals surface area contributed by atoms with E-state index in [2.05, 4.69) is 20.4 Å². The normalized spacial score (nSPS) is 23.4. The quantitative estimate of drug-likeness (QED) is 0.705. The summed E-state index contributed by atoms with van der Waals surface area (Å²) < 4.78 is 0. The van der Waals surface area contributed by atoms with E-state index < -0.39 is 5.97 Å². The first-order valence-corrected chi connectivity index (χ1v) is 9.30. The van der Waals surface area contributed by atoms with Gasteiger partial charge in [-0.1, -0.05) is 18.2 Å². The van der Waals surface area contributed by atoms with Crippen LogP contribution in [0.25, 0.3) is 10.9 Å². The maximum absolute atomic E-state index is 12.6. The average Bonchev–Trinajstić information content (AvgIpc) is 3.22. The predicted octanol–water partition coefficient (Wildman–Crippen LogP) is 2.01. The number of benzene rings is 1. The fourth-order valence-electron chi connectivity index (χ4n) is 3.98. The zero-order valence-corrected chi connectivity index (χ0v) is 14.6. The number of carbonyl (C=O) groups excluding carboxylic acids is 1. The monoisotopic (exact) mass is 356 g/mol. The zero-order valence-electron chi connectivity index (χ0n) is 14.6. The molecule has 1 saturated heterocycles. The van der Waals surface area contributed by atoms with Crippen LogP contribution >= 0.6 is 0 Å². The summed E-state index contributed by atoms with van der Waals surface area (Å²) in [4.78, 5) is 26.0. The molecule has 0 unspecified atom stereocenters. The number of carbonyl (C=O) groups is 2. The highest BCUT2D eigenvalue weighted by atomic mass is 16.4. The molecule has 2 aromatic rings. The van der Waals surface area contributed by atoms with E-state index in [-0.39, 0.29) is 24.4 Å². The number of aromatic nitrogens is 2. The van der Waals surface area contributed by atoms with Crippen LogP contribution in [0.1, 0.15) is 42.6 Å². The van der Waals surface area contributed by atoms with Crippen molar-refractivity contribution in [3.63, 3.8) is 0 Å². The fourth-order valence-corrected chi connectivity index (χ4v) is 3.98. The summed E-state index contributed by atoms with van der Waals surface area (Å²) in [6.07, 6.45) is 4.45. The number of carboxylic acids is 1. The standard InChI is InChI=1S/C19H24N4O3/c24-17(25)9-13-7-8-14(23(13)11-12-5-6-12)10-20-19(26)18-15-3-1-2-4-16(15)21-22-18/h1-4,12-14H,5-11H2,(H,20,26)(H,21,22)(H,24,25)/t13-,14+/m1/s1. The number of hydrogen-bond donors (Lipinski definition) is 3. The molecule has 3 N–H and O–H groups in total. The minimum Gasteiger partial charge on any atom is -0.481 e. The highest BCUT2D eigenvalue weighted by Gasteiger charge is 2.38. The molecule has 1 aromatic heterocycles. The lowest BCUT2D eigenvalue weighted by atomic mass is 10.1. The lowest BCUT2D eigenvalue weighted by molar-refractivity contribution is -0.138. The summed E-state index contributed by atoms with van der Waals surface area (Å²) in [6, 6.07) is 7.85. The minimum absolute atomic E-state index is 0.0845. The van der Waals surface area contributed by atoms with Crippen molar-refractivity contribution in [3.8, 4) is 0 Å². The van der Waals surface area contributed by atoms with Crippen molar-refractivity contribution >= 4 is 22.8 Å². The number of likely N-dealkylation sites (tertiary alicyclic amines) is 1. The molecule has 0 bridgehead atoms. The Balaban J connectivity index is 1.41. The van der Waals surface area contributed by atoms with Gasteiger partial charge in [0.25, 0.3) is 5.91 Å². The highest BCUT2D eigenvalue weighted by Crippen LogP contribution is 2.35. The highest BCUT2D eigenvalue weighted by molar-refractivity contribution is 6.04. The summed E-state index contributed by atoms with van der Waals surface area (Å²) in [5.41, 5.74) is 1.25. The maximum atomic E-state index is 12.6. The number of rotatable bonds is 7. The second kappa shape index (κ2) is 7.07. The second-order valence-electron chi connectivity index (χ2n) is 7.45. The predicted molar refractivity (Wildman–Crippen MR) is 96.9 cm³/mol. The van der Waals surface area contributed by atoms with Crippen molar-refractivity contribution in [2.24, 2.45) is 5.92 Å². The van der Waals surface area contributed by atoms with Crippen molar-refractivity contribution in [3.05, 3.63) is 30.0 Å². The van der Waals surface area contributed by atoms with Crippen molar-refractivity contribution < 1.29 is 14.7 Å². The van der Waals surface area contributed by atoms with Crippen molar-refractivity contribution in [1.82, 2.24) is 20.4 Å². The van der Waals surface area contributed by atoms with E-state index in [0.717, 1.165) is 30.3 Å². The molecule has 2 fully saturated rings. The van der Waals surface area contributed by atoms with Gasteiger partial charge in [-0.3, -0.25) is 19.6 Å². The Hall–Kier alpha value is -2.41. The summed E-state index contributed by atoms with van der Waals surface area (Å²) in [6.45, 7) is 1.48. The number of fused-ring (bicyclic) bond motifs is 1. The van der Waals surface area contributed by atoms with Gasteiger partial charge in [-0.25, -0.2) is 0 Å². The van der Waals surface area contributed by atoms with E-state index in [1.165, 1.54) is 12.8 Å². The number of carboxylic acid groups (broad SMARTS) is 1. The van der Waals surface area contributed by atoms with Gasteiger partial charge in [-0.2, -0.15) is 5.10 Å². The number of para-hydroxylation sites is 1. The molecule has 1 saturated carbocycles. The maximum Gasteiger partial charge on any atom is 0.304 e. The van der Waals surface area contributed by atoms with Crippen molar-refractivity contribution in [2.75, 3.05) is 13.1 Å². The number of H-pyrrole nitrogens is 1. The van der Waals surface area contributed by atoms with Crippen LogP contribution in [0.5, 0.6) is 0 Å². The lowest BCUT2D eigenvalue weighted by Gasteiger charge is -2.29. The Morgan fingerprint density at radius 2 is 1.96 bits per heavy atom. The van der Waals surface area contributed by atoms with Crippen LogP contribution < -0.4 is 5.32 Å². The molecule has 0 spiro atoms. The molecule has 2 atom stereocenters. The van der Waals surface area contributed by atoms with Gasteiger partial charge in [0.15, 0.2) is 5.69 Å². The number of aromatic amines is 1. The molecule has 1 aromatic carbocycles. The average molecular weight is 356 g/mol. The van der Waals surface area contributed by atoms with Crippen LogP contribution in [0.3, 0.4) is 0 Å². The van der Waals surface area contributed by atoms with E-state index in [9.17, 15) is 9.59 Å². The Bertz CT molecular complexity index is 814. The van der Waals surface area contributed by atoms with Gasteiger partial charge in [-0.05, 0) is 37.7 Å². The third-order valence-corrected chi connectivity index (χ3v) is 5.53. The molecule has 1 aliphatic carbocycles. The van der Waals surface area contributed by atoms with Crippen LogP contribution in [0.2, 0.25) is 0 Å². The molecule has 0 radical (unpaired) electrons. The van der Waals surface area contributed by atoms with Crippen molar-refractivity contribution in [1.29, 1.82) is 0 Å². The molecule has 2 heterocycles. The Morgan fingerprint density at radius 3 is 2.73 bits per heavy atom. The first-order valence-electron chi connectivity index (χ1n) is 9.30. The Labute approximate surface area is 151 Å². The summed E-state index contributed by atoms with van der Waals surface area (Å²) in [5.74, 6) is -0.239. The molecule has 7 heteroatoms. The van der Waals surface area contributed by atoms with Crippen LogP contribution in [0, 0.1) is 5.92 Å². The second-order valence-corrected chi connectivity index (χ2v) is 7.45. The molecule has 2 aliphatic rings. The van der Waals surface area contributed by atoms with E-state index in [0.29, 0.717) is 18.2 Å². The van der Waals surface area contributed by atoms with Crippen molar-refractivity contribution in [2.45, 2.75) is 44.2 Å². The van der Waals surface area contributed by atoms with E-state index in [1.54, 1.807) is 0 Å². The van der Waals surface area contributed by atoms with Gasteiger partial charge in [0, 0.05) is 30.6 Å². The van der Waals surface area contributed by atoms with Crippen LogP contribution in [0.4, 0.5) is 0 Å². The molecule has 4 rings (SSSR count). The largest absolute Gasteiger partial charge is 0.481 e. The smallest absolute Gasteiger partial charge is 0.304 e. The van der Waals surface area contributed by atoms with Gasteiger partial charge in [0.05, 0.1) is 11.9 Å². The van der Waals surface area contributed by atoms with E-state index in [1.807, 2.05) is 24.3 Å². The van der Waals surface area contributed by atoms with Gasteiger partial charge >= 0.3 is 5.97 Å². The Morgan fingerprint density at radius 1 is 1.19 bits per heavy atom. The summed E-state index contributed by atoms with van der Waals surface area (Å²) in [7, 11) is 0. The van der Waals surface area contributed by atoms with Gasteiger partial charge in [-0.15, -0.1) is 0 Å². The topological polar surface area (TPSA) is 98.3 Å². The zero-order chi connectivity index (χ0) is 18.1. The summed E-state index contributed by atoms with van der Waals surface area (Å²) in [5, 5.41) is 20.0. The lowest BCUT2D eigenvalue weighted by Crippen LogP contribution is -2.44. The molecular weight excluding hydrogens is 332 g/mol. The van der Waals surface area contributed by atoms with Crippen LogP contribution in [-0.2, 0) is 4.79 Å². The van der Waals surface area contributed by atoms with E-state index >= 15 is 0 Å².